The van der Waals surface area contributed by atoms with Gasteiger partial charge in [0.1, 0.15) is 17.4 Å². The van der Waals surface area contributed by atoms with Crippen molar-refractivity contribution in [2.45, 2.75) is 57.5 Å². The zero-order chi connectivity index (χ0) is 16.2. The van der Waals surface area contributed by atoms with Crippen LogP contribution in [0.25, 0.3) is 0 Å². The van der Waals surface area contributed by atoms with Crippen molar-refractivity contribution in [3.05, 3.63) is 35.9 Å². The molecule has 0 atom stereocenters. The fraction of sp³-hybridized carbons (Fsp3) is 0.529. The first-order valence-electron chi connectivity index (χ1n) is 7.45. The summed E-state index contributed by atoms with van der Waals surface area (Å²) in [7, 11) is 0. The van der Waals surface area contributed by atoms with Crippen LogP contribution in [0.15, 0.2) is 30.3 Å². The molecule has 1 amide bonds. The van der Waals surface area contributed by atoms with E-state index in [1.165, 1.54) is 0 Å². The van der Waals surface area contributed by atoms with Gasteiger partial charge >= 0.3 is 6.09 Å². The molecule has 0 bridgehead atoms. The van der Waals surface area contributed by atoms with E-state index in [-0.39, 0.29) is 6.10 Å². The molecule has 0 aromatic heterocycles. The Kier molecular flexibility index (Phi) is 4.86. The summed E-state index contributed by atoms with van der Waals surface area (Å²) >= 11 is 0. The number of alkyl carbamates (subject to hydrolysis) is 1. The molecule has 0 saturated heterocycles. The molecule has 1 aromatic rings. The van der Waals surface area contributed by atoms with Crippen molar-refractivity contribution in [3.63, 3.8) is 0 Å². The highest BCUT2D eigenvalue weighted by Gasteiger charge is 2.47. The van der Waals surface area contributed by atoms with Crippen LogP contribution in [-0.2, 0) is 20.9 Å². The van der Waals surface area contributed by atoms with Crippen LogP contribution in [0, 0.1) is 0 Å². The lowest BCUT2D eigenvalue weighted by molar-refractivity contribution is -0.126. The van der Waals surface area contributed by atoms with Crippen LogP contribution < -0.4 is 5.32 Å². The quantitative estimate of drug-likeness (QED) is 0.850. The van der Waals surface area contributed by atoms with Gasteiger partial charge < -0.3 is 19.6 Å². The fourth-order valence-corrected chi connectivity index (χ4v) is 2.39. The van der Waals surface area contributed by atoms with Crippen molar-refractivity contribution in [2.24, 2.45) is 0 Å². The Hall–Kier alpha value is -1.88. The van der Waals surface area contributed by atoms with E-state index in [0.29, 0.717) is 19.4 Å². The van der Waals surface area contributed by atoms with E-state index in [1.54, 1.807) is 20.8 Å². The summed E-state index contributed by atoms with van der Waals surface area (Å²) in [5, 5.41) is 2.66. The summed E-state index contributed by atoms with van der Waals surface area (Å²) in [6.07, 6.45) is 1.13. The van der Waals surface area contributed by atoms with Crippen LogP contribution in [0.5, 0.6) is 0 Å². The first-order valence-corrected chi connectivity index (χ1v) is 7.45. The maximum Gasteiger partial charge on any atom is 0.408 e. The number of amides is 1. The molecule has 0 unspecified atom stereocenters. The SMILES string of the molecule is CC(C)(C)OC(=O)NC1(C=O)CC(OCc2ccccc2)C1. The van der Waals surface area contributed by atoms with Gasteiger partial charge in [0.05, 0.1) is 12.7 Å². The van der Waals surface area contributed by atoms with Gasteiger partial charge in [0.15, 0.2) is 0 Å². The van der Waals surface area contributed by atoms with Gasteiger partial charge in [-0.3, -0.25) is 0 Å². The Morgan fingerprint density at radius 2 is 1.95 bits per heavy atom. The minimum absolute atomic E-state index is 0.0275. The van der Waals surface area contributed by atoms with E-state index in [1.807, 2.05) is 30.3 Å². The summed E-state index contributed by atoms with van der Waals surface area (Å²) in [4.78, 5) is 23.1. The monoisotopic (exact) mass is 305 g/mol. The Balaban J connectivity index is 1.78. The van der Waals surface area contributed by atoms with Crippen LogP contribution in [0.3, 0.4) is 0 Å². The summed E-state index contributed by atoms with van der Waals surface area (Å²) in [6.45, 7) is 5.86. The third kappa shape index (κ3) is 4.56. The molecule has 5 nitrogen and oxygen atoms in total. The lowest BCUT2D eigenvalue weighted by Crippen LogP contribution is -2.61. The number of ether oxygens (including phenoxy) is 2. The van der Waals surface area contributed by atoms with Crippen molar-refractivity contribution < 1.29 is 19.1 Å². The largest absolute Gasteiger partial charge is 0.444 e. The number of hydrogen-bond donors (Lipinski definition) is 1. The number of carbonyl (C=O) groups is 2. The fourth-order valence-electron chi connectivity index (χ4n) is 2.39. The van der Waals surface area contributed by atoms with Crippen molar-refractivity contribution in [3.8, 4) is 0 Å². The van der Waals surface area contributed by atoms with E-state index in [9.17, 15) is 9.59 Å². The number of aldehydes is 1. The normalized spacial score (nSPS) is 24.2. The number of hydrogen-bond acceptors (Lipinski definition) is 4. The molecule has 5 heteroatoms. The molecule has 1 aliphatic carbocycles. The van der Waals surface area contributed by atoms with Gasteiger partial charge in [-0.15, -0.1) is 0 Å². The average Bonchev–Trinajstić information content (AvgIpc) is 2.40. The third-order valence-electron chi connectivity index (χ3n) is 3.49. The van der Waals surface area contributed by atoms with E-state index in [0.717, 1.165) is 11.8 Å². The predicted octanol–water partition coefficient (Wildman–Crippen LogP) is 2.83. The van der Waals surface area contributed by atoms with Crippen molar-refractivity contribution in [1.82, 2.24) is 5.32 Å². The topological polar surface area (TPSA) is 64.6 Å². The van der Waals surface area contributed by atoms with E-state index in [4.69, 9.17) is 9.47 Å². The number of rotatable bonds is 5. The summed E-state index contributed by atoms with van der Waals surface area (Å²) in [6, 6.07) is 9.85. The van der Waals surface area contributed by atoms with Crippen LogP contribution in [0.4, 0.5) is 4.79 Å². The molecule has 0 radical (unpaired) electrons. The predicted molar refractivity (Wildman–Crippen MR) is 82.4 cm³/mol. The molecule has 22 heavy (non-hydrogen) atoms. The number of nitrogens with one attached hydrogen (secondary N) is 1. The second-order valence-electron chi connectivity index (χ2n) is 6.73. The standard InChI is InChI=1S/C17H23NO4/c1-16(2,3)22-15(20)18-17(12-19)9-14(10-17)21-11-13-7-5-4-6-8-13/h4-8,12,14H,9-11H2,1-3H3,(H,18,20). The number of carbonyl (C=O) groups excluding carboxylic acids is 2. The highest BCUT2D eigenvalue weighted by atomic mass is 16.6. The van der Waals surface area contributed by atoms with Crippen LogP contribution in [0.1, 0.15) is 39.2 Å². The van der Waals surface area contributed by atoms with Crippen LogP contribution in [0.2, 0.25) is 0 Å². The molecular weight excluding hydrogens is 282 g/mol. The Morgan fingerprint density at radius 1 is 1.32 bits per heavy atom. The zero-order valence-electron chi connectivity index (χ0n) is 13.3. The summed E-state index contributed by atoms with van der Waals surface area (Å²) < 4.78 is 10.9. The highest BCUT2D eigenvalue weighted by Crippen LogP contribution is 2.34. The van der Waals surface area contributed by atoms with Crippen LogP contribution >= 0.6 is 0 Å². The van der Waals surface area contributed by atoms with Gasteiger partial charge in [-0.1, -0.05) is 30.3 Å². The first kappa shape index (κ1) is 16.5. The molecule has 1 aliphatic rings. The van der Waals surface area contributed by atoms with E-state index < -0.39 is 17.2 Å². The zero-order valence-corrected chi connectivity index (χ0v) is 13.3. The van der Waals surface area contributed by atoms with Crippen molar-refractivity contribution >= 4 is 12.4 Å². The minimum Gasteiger partial charge on any atom is -0.444 e. The van der Waals surface area contributed by atoms with Crippen molar-refractivity contribution in [1.29, 1.82) is 0 Å². The van der Waals surface area contributed by atoms with Gasteiger partial charge in [-0.2, -0.15) is 0 Å². The minimum atomic E-state index is -0.857. The molecule has 120 valence electrons. The Bertz CT molecular complexity index is 515. The molecule has 1 fully saturated rings. The van der Waals surface area contributed by atoms with E-state index >= 15 is 0 Å². The molecule has 1 N–H and O–H groups in total. The Labute approximate surface area is 131 Å². The molecule has 1 saturated carbocycles. The maximum absolute atomic E-state index is 11.8. The lowest BCUT2D eigenvalue weighted by Gasteiger charge is -2.43. The Morgan fingerprint density at radius 3 is 2.50 bits per heavy atom. The third-order valence-corrected chi connectivity index (χ3v) is 3.49. The second-order valence-corrected chi connectivity index (χ2v) is 6.73. The summed E-state index contributed by atoms with van der Waals surface area (Å²) in [5.74, 6) is 0. The molecule has 0 spiro atoms. The molecule has 0 heterocycles. The molecule has 0 aliphatic heterocycles. The first-order chi connectivity index (χ1) is 10.3. The van der Waals surface area contributed by atoms with Gasteiger partial charge in [0.25, 0.3) is 0 Å². The van der Waals surface area contributed by atoms with Crippen LogP contribution in [-0.4, -0.2) is 29.6 Å². The molecular formula is C17H23NO4. The smallest absolute Gasteiger partial charge is 0.408 e. The number of benzene rings is 1. The summed E-state index contributed by atoms with van der Waals surface area (Å²) in [5.41, 5.74) is -0.351. The maximum atomic E-state index is 11.8. The highest BCUT2D eigenvalue weighted by molar-refractivity contribution is 5.77. The van der Waals surface area contributed by atoms with Gasteiger partial charge in [-0.25, -0.2) is 4.79 Å². The van der Waals surface area contributed by atoms with Gasteiger partial charge in [-0.05, 0) is 26.3 Å². The van der Waals surface area contributed by atoms with Gasteiger partial charge in [0.2, 0.25) is 0 Å². The van der Waals surface area contributed by atoms with Crippen molar-refractivity contribution in [2.75, 3.05) is 0 Å². The van der Waals surface area contributed by atoms with E-state index in [2.05, 4.69) is 5.32 Å². The van der Waals surface area contributed by atoms with Gasteiger partial charge in [0, 0.05) is 12.8 Å². The average molecular weight is 305 g/mol. The lowest BCUT2D eigenvalue weighted by atomic mass is 9.75. The second kappa shape index (κ2) is 6.48. The molecule has 1 aromatic carbocycles. The molecule has 2 rings (SSSR count).